The first kappa shape index (κ1) is 13.3. The lowest BCUT2D eigenvalue weighted by Crippen LogP contribution is -2.61. The minimum Gasteiger partial charge on any atom is -0.390 e. The third-order valence-electron chi connectivity index (χ3n) is 3.74. The highest BCUT2D eigenvalue weighted by atomic mass is 16.3. The summed E-state index contributed by atoms with van der Waals surface area (Å²) < 4.78 is 0. The standard InChI is InChI=1S/C13H22N2O3/c1-13(2,18)6-8-14-9-11(16)15-7-4-3-5-10(15)12(14)17/h10,18H,3-9H2,1-2H3. The summed E-state index contributed by atoms with van der Waals surface area (Å²) in [6, 6.07) is -0.248. The van der Waals surface area contributed by atoms with Crippen molar-refractivity contribution in [2.45, 2.75) is 51.2 Å². The first-order valence-electron chi connectivity index (χ1n) is 6.69. The van der Waals surface area contributed by atoms with Crippen molar-refractivity contribution in [1.29, 1.82) is 0 Å². The predicted octanol–water partition coefficient (Wildman–Crippen LogP) is 0.371. The molecule has 2 heterocycles. The van der Waals surface area contributed by atoms with E-state index in [9.17, 15) is 14.7 Å². The highest BCUT2D eigenvalue weighted by molar-refractivity contribution is 5.95. The monoisotopic (exact) mass is 254 g/mol. The van der Waals surface area contributed by atoms with E-state index in [0.717, 1.165) is 19.3 Å². The molecule has 102 valence electrons. The average Bonchev–Trinajstić information content (AvgIpc) is 2.31. The minimum atomic E-state index is -0.799. The predicted molar refractivity (Wildman–Crippen MR) is 66.8 cm³/mol. The molecule has 1 unspecified atom stereocenters. The number of rotatable bonds is 3. The van der Waals surface area contributed by atoms with Gasteiger partial charge >= 0.3 is 0 Å². The number of hydrogen-bond donors (Lipinski definition) is 1. The summed E-state index contributed by atoms with van der Waals surface area (Å²) in [6.07, 6.45) is 3.29. The number of piperidine rings is 1. The molecule has 0 radical (unpaired) electrons. The van der Waals surface area contributed by atoms with Crippen molar-refractivity contribution in [1.82, 2.24) is 9.80 Å². The summed E-state index contributed by atoms with van der Waals surface area (Å²) in [5.41, 5.74) is -0.799. The number of aliphatic hydroxyl groups is 1. The van der Waals surface area contributed by atoms with Gasteiger partial charge in [0.25, 0.3) is 0 Å². The number of fused-ring (bicyclic) bond motifs is 1. The smallest absolute Gasteiger partial charge is 0.245 e. The summed E-state index contributed by atoms with van der Waals surface area (Å²) in [4.78, 5) is 27.6. The van der Waals surface area contributed by atoms with Crippen molar-refractivity contribution in [3.8, 4) is 0 Å². The Morgan fingerprint density at radius 2 is 2.06 bits per heavy atom. The van der Waals surface area contributed by atoms with E-state index in [0.29, 0.717) is 19.5 Å². The van der Waals surface area contributed by atoms with E-state index in [4.69, 9.17) is 0 Å². The molecule has 0 aromatic carbocycles. The molecule has 2 amide bonds. The molecule has 5 nitrogen and oxygen atoms in total. The average molecular weight is 254 g/mol. The fraction of sp³-hybridized carbons (Fsp3) is 0.846. The van der Waals surface area contributed by atoms with Crippen LogP contribution in [0.2, 0.25) is 0 Å². The lowest BCUT2D eigenvalue weighted by atomic mass is 9.97. The van der Waals surface area contributed by atoms with Crippen LogP contribution in [0.1, 0.15) is 39.5 Å². The van der Waals surface area contributed by atoms with E-state index < -0.39 is 5.60 Å². The molecule has 0 saturated carbocycles. The lowest BCUT2D eigenvalue weighted by molar-refractivity contribution is -0.158. The molecule has 2 saturated heterocycles. The topological polar surface area (TPSA) is 60.9 Å². The number of hydrogen-bond acceptors (Lipinski definition) is 3. The SMILES string of the molecule is CC(C)(O)CCN1CC(=O)N2CCCCC2C1=O. The van der Waals surface area contributed by atoms with Crippen molar-refractivity contribution in [3.05, 3.63) is 0 Å². The van der Waals surface area contributed by atoms with Crippen LogP contribution >= 0.6 is 0 Å². The van der Waals surface area contributed by atoms with Crippen molar-refractivity contribution in [3.63, 3.8) is 0 Å². The molecule has 2 aliphatic heterocycles. The molecule has 0 aromatic heterocycles. The second-order valence-corrected chi connectivity index (χ2v) is 5.92. The maximum Gasteiger partial charge on any atom is 0.245 e. The fourth-order valence-electron chi connectivity index (χ4n) is 2.63. The highest BCUT2D eigenvalue weighted by Gasteiger charge is 2.40. The number of carbonyl (C=O) groups excluding carboxylic acids is 2. The minimum absolute atomic E-state index is 0.0510. The summed E-state index contributed by atoms with van der Waals surface area (Å²) in [7, 11) is 0. The molecule has 5 heteroatoms. The normalized spacial score (nSPS) is 25.4. The Morgan fingerprint density at radius 3 is 2.72 bits per heavy atom. The van der Waals surface area contributed by atoms with E-state index in [1.54, 1.807) is 23.6 Å². The van der Waals surface area contributed by atoms with E-state index in [1.807, 2.05) is 0 Å². The Kier molecular flexibility index (Phi) is 3.61. The van der Waals surface area contributed by atoms with Gasteiger partial charge in [0.1, 0.15) is 6.04 Å². The van der Waals surface area contributed by atoms with Crippen molar-refractivity contribution in [2.75, 3.05) is 19.6 Å². The first-order valence-corrected chi connectivity index (χ1v) is 6.69. The highest BCUT2D eigenvalue weighted by Crippen LogP contribution is 2.23. The van der Waals surface area contributed by atoms with Crippen molar-refractivity contribution in [2.24, 2.45) is 0 Å². The zero-order chi connectivity index (χ0) is 13.3. The van der Waals surface area contributed by atoms with Crippen LogP contribution in [0.25, 0.3) is 0 Å². The van der Waals surface area contributed by atoms with Crippen molar-refractivity contribution < 1.29 is 14.7 Å². The fourth-order valence-corrected chi connectivity index (χ4v) is 2.63. The number of carbonyl (C=O) groups is 2. The van der Waals surface area contributed by atoms with Crippen LogP contribution in [0.15, 0.2) is 0 Å². The van der Waals surface area contributed by atoms with Crippen LogP contribution in [0.4, 0.5) is 0 Å². The number of nitrogens with zero attached hydrogens (tertiary/aromatic N) is 2. The Labute approximate surface area is 108 Å². The van der Waals surface area contributed by atoms with Gasteiger partial charge in [-0.1, -0.05) is 0 Å². The van der Waals surface area contributed by atoms with Gasteiger partial charge in [-0.05, 0) is 39.5 Å². The lowest BCUT2D eigenvalue weighted by Gasteiger charge is -2.43. The summed E-state index contributed by atoms with van der Waals surface area (Å²) in [6.45, 7) is 4.78. The Bertz CT molecular complexity index is 349. The molecule has 2 aliphatic rings. The van der Waals surface area contributed by atoms with Gasteiger partial charge in [-0.15, -0.1) is 0 Å². The van der Waals surface area contributed by atoms with Gasteiger partial charge in [0.05, 0.1) is 12.1 Å². The summed E-state index contributed by atoms with van der Waals surface area (Å²) in [5.74, 6) is 0.105. The molecule has 1 atom stereocenters. The molecule has 0 spiro atoms. The maximum atomic E-state index is 12.3. The van der Waals surface area contributed by atoms with Crippen LogP contribution in [0.5, 0.6) is 0 Å². The summed E-state index contributed by atoms with van der Waals surface area (Å²) in [5, 5.41) is 9.70. The zero-order valence-electron chi connectivity index (χ0n) is 11.2. The summed E-state index contributed by atoms with van der Waals surface area (Å²) >= 11 is 0. The zero-order valence-corrected chi connectivity index (χ0v) is 11.2. The molecule has 2 fully saturated rings. The second-order valence-electron chi connectivity index (χ2n) is 5.92. The van der Waals surface area contributed by atoms with Gasteiger partial charge in [-0.25, -0.2) is 0 Å². The maximum absolute atomic E-state index is 12.3. The Hall–Kier alpha value is -1.10. The van der Waals surface area contributed by atoms with Gasteiger partial charge in [0.15, 0.2) is 0 Å². The van der Waals surface area contributed by atoms with Crippen LogP contribution in [0, 0.1) is 0 Å². The molecule has 0 aliphatic carbocycles. The molecule has 1 N–H and O–H groups in total. The molecule has 2 rings (SSSR count). The van der Waals surface area contributed by atoms with Gasteiger partial charge < -0.3 is 14.9 Å². The molecule has 0 bridgehead atoms. The van der Waals surface area contributed by atoms with Crippen LogP contribution in [-0.2, 0) is 9.59 Å². The van der Waals surface area contributed by atoms with E-state index >= 15 is 0 Å². The van der Waals surface area contributed by atoms with E-state index in [1.165, 1.54) is 0 Å². The Morgan fingerprint density at radius 1 is 1.33 bits per heavy atom. The molecule has 0 aromatic rings. The molecular weight excluding hydrogens is 232 g/mol. The largest absolute Gasteiger partial charge is 0.390 e. The third-order valence-corrected chi connectivity index (χ3v) is 3.74. The molecule has 18 heavy (non-hydrogen) atoms. The quantitative estimate of drug-likeness (QED) is 0.791. The van der Waals surface area contributed by atoms with Crippen LogP contribution < -0.4 is 0 Å². The Balaban J connectivity index is 2.01. The molecular formula is C13H22N2O3. The van der Waals surface area contributed by atoms with Gasteiger partial charge in [0, 0.05) is 13.1 Å². The second kappa shape index (κ2) is 4.88. The van der Waals surface area contributed by atoms with E-state index in [-0.39, 0.29) is 24.4 Å². The first-order chi connectivity index (χ1) is 8.38. The van der Waals surface area contributed by atoms with Gasteiger partial charge in [0.2, 0.25) is 11.8 Å². The van der Waals surface area contributed by atoms with Crippen LogP contribution in [0.3, 0.4) is 0 Å². The van der Waals surface area contributed by atoms with Crippen LogP contribution in [-0.4, -0.2) is 58.0 Å². The van der Waals surface area contributed by atoms with Gasteiger partial charge in [-0.2, -0.15) is 0 Å². The third kappa shape index (κ3) is 2.83. The number of amides is 2. The van der Waals surface area contributed by atoms with Crippen molar-refractivity contribution >= 4 is 11.8 Å². The number of piperazine rings is 1. The van der Waals surface area contributed by atoms with E-state index in [2.05, 4.69) is 0 Å². The van der Waals surface area contributed by atoms with Gasteiger partial charge in [-0.3, -0.25) is 9.59 Å².